The van der Waals surface area contributed by atoms with Crippen LogP contribution < -0.4 is 0 Å². The van der Waals surface area contributed by atoms with Gasteiger partial charge in [-0.3, -0.25) is 18.1 Å². The van der Waals surface area contributed by atoms with E-state index in [1.54, 1.807) is 0 Å². The monoisotopic (exact) mass is 964 g/mol. The molecule has 0 aromatic carbocycles. The van der Waals surface area contributed by atoms with Crippen molar-refractivity contribution in [3.63, 3.8) is 0 Å². The minimum atomic E-state index is -5.34. The zero-order chi connectivity index (χ0) is 46.8. The van der Waals surface area contributed by atoms with Gasteiger partial charge in [-0.1, -0.05) is 31.8 Å². The molecule has 29 heteroatoms. The van der Waals surface area contributed by atoms with Crippen molar-refractivity contribution < 1.29 is 132 Å². The third kappa shape index (κ3) is 14.8. The summed E-state index contributed by atoms with van der Waals surface area (Å²) in [5, 5.41) is 134. The fourth-order valence-electron chi connectivity index (χ4n) is 6.93. The lowest BCUT2D eigenvalue weighted by Crippen LogP contribution is -2.64. The zero-order valence-electron chi connectivity index (χ0n) is 33.8. The van der Waals surface area contributed by atoms with Gasteiger partial charge in [-0.15, -0.1) is 6.58 Å². The van der Waals surface area contributed by atoms with Crippen LogP contribution in [0.25, 0.3) is 0 Å². The van der Waals surface area contributed by atoms with Gasteiger partial charge >= 0.3 is 15.6 Å². The summed E-state index contributed by atoms with van der Waals surface area (Å²) in [5.41, 5.74) is 0. The van der Waals surface area contributed by atoms with Crippen LogP contribution in [0.5, 0.6) is 0 Å². The lowest BCUT2D eigenvalue weighted by molar-refractivity contribution is -0.353. The lowest BCUT2D eigenvalue weighted by atomic mass is 9.97. The molecule has 4 heterocycles. The molecule has 27 nitrogen and oxygen atoms in total. The van der Waals surface area contributed by atoms with E-state index < -0.39 is 165 Å². The second-order valence-corrected chi connectivity index (χ2v) is 18.2. The van der Waals surface area contributed by atoms with Crippen LogP contribution in [-0.4, -0.2) is 232 Å². The summed E-state index contributed by atoms with van der Waals surface area (Å²) in [4.78, 5) is 20.7. The average molecular weight is 965 g/mol. The molecule has 22 atom stereocenters. The molecule has 0 bridgehead atoms. The summed E-state index contributed by atoms with van der Waals surface area (Å²) >= 11 is 0. The van der Waals surface area contributed by atoms with Crippen molar-refractivity contribution in [3.8, 4) is 0 Å². The summed E-state index contributed by atoms with van der Waals surface area (Å²) in [6.07, 6.45) is -30.5. The number of rotatable bonds is 24. The Balaban J connectivity index is 1.30. The van der Waals surface area contributed by atoms with Crippen molar-refractivity contribution in [2.75, 3.05) is 33.0 Å². The molecule has 0 radical (unpaired) electrons. The molecular weight excluding hydrogens is 902 g/mol. The van der Waals surface area contributed by atoms with Crippen LogP contribution in [0.15, 0.2) is 12.7 Å². The minimum absolute atomic E-state index is 0.116. The number of hydrogen-bond donors (Lipinski definition) is 15. The molecule has 0 spiro atoms. The minimum Gasteiger partial charge on any atom is -0.394 e. The molecule has 0 aromatic rings. The Bertz CT molecular complexity index is 1470. The van der Waals surface area contributed by atoms with Crippen LogP contribution >= 0.6 is 15.6 Å². The molecular formula is C34H62O27P2. The Kier molecular flexibility index (Phi) is 21.7. The number of aliphatic hydroxyl groups excluding tert-OH is 13. The van der Waals surface area contributed by atoms with Crippen LogP contribution in [0.4, 0.5) is 0 Å². The topological polar surface area (TPSA) is 430 Å². The molecule has 0 aliphatic carbocycles. The van der Waals surface area contributed by atoms with Crippen molar-refractivity contribution in [1.29, 1.82) is 0 Å². The van der Waals surface area contributed by atoms with Gasteiger partial charge in [-0.05, 0) is 19.3 Å². The molecule has 4 fully saturated rings. The maximum Gasteiger partial charge on any atom is 0.474 e. The van der Waals surface area contributed by atoms with Gasteiger partial charge in [-0.2, -0.15) is 0 Å². The highest BCUT2D eigenvalue weighted by Crippen LogP contribution is 2.48. The summed E-state index contributed by atoms with van der Waals surface area (Å²) in [7, 11) is -10.7. The number of unbranched alkanes of at least 4 members (excludes halogenated alkanes) is 6. The van der Waals surface area contributed by atoms with Gasteiger partial charge < -0.3 is 105 Å². The highest BCUT2D eigenvalue weighted by atomic mass is 31.2. The predicted molar refractivity (Wildman–Crippen MR) is 202 cm³/mol. The van der Waals surface area contributed by atoms with Gasteiger partial charge in [0.05, 0.1) is 26.4 Å². The summed E-state index contributed by atoms with van der Waals surface area (Å²) < 4.78 is 77.2. The summed E-state index contributed by atoms with van der Waals surface area (Å²) in [5.74, 6) is 0. The van der Waals surface area contributed by atoms with Gasteiger partial charge in [0, 0.05) is 6.61 Å². The molecule has 0 amide bonds. The van der Waals surface area contributed by atoms with E-state index in [4.69, 9.17) is 46.5 Å². The SMILES string of the molecule is C=CCCCCCCCCO[C@@H]1O[C@H](COP(=O)(O)O[C@H]2O[C@H](CO)[C@@H](O[C@@H]3O[C@H](COP(=O)(O)O[C@H]4O[C@H](CO)[C@@H](O)[C@H](O)[C@@H]4O)[C@H](O)[C@H](O)[C@H]3O)[C@H](O)[C@@H]2O)[C@H](O)[C@H](O)[C@H]1O. The molecule has 4 aliphatic heterocycles. The van der Waals surface area contributed by atoms with Crippen molar-refractivity contribution in [3.05, 3.63) is 12.7 Å². The van der Waals surface area contributed by atoms with Crippen molar-refractivity contribution >= 4 is 15.6 Å². The smallest absolute Gasteiger partial charge is 0.394 e. The van der Waals surface area contributed by atoms with E-state index in [1.807, 2.05) is 6.08 Å². The molecule has 4 saturated heterocycles. The van der Waals surface area contributed by atoms with Crippen molar-refractivity contribution in [1.82, 2.24) is 0 Å². The van der Waals surface area contributed by atoms with Gasteiger partial charge in [-0.25, -0.2) is 9.13 Å². The Morgan fingerprint density at radius 1 is 0.476 bits per heavy atom. The normalized spacial score (nSPS) is 43.2. The fourth-order valence-corrected chi connectivity index (χ4v) is 8.60. The maximum absolute atomic E-state index is 13.0. The van der Waals surface area contributed by atoms with Crippen LogP contribution in [0.2, 0.25) is 0 Å². The molecule has 0 aromatic heterocycles. The van der Waals surface area contributed by atoms with Gasteiger partial charge in [0.15, 0.2) is 25.2 Å². The van der Waals surface area contributed by atoms with Crippen molar-refractivity contribution in [2.45, 2.75) is 168 Å². The van der Waals surface area contributed by atoms with Crippen LogP contribution in [0.3, 0.4) is 0 Å². The molecule has 63 heavy (non-hydrogen) atoms. The lowest BCUT2D eigenvalue weighted by Gasteiger charge is -2.46. The standard InChI is InChI=1S/C34H62O27P2/c1-2-3-4-5-6-7-8-9-10-52-31-26(44)23(41)20(38)17(57-31)13-53-63(50,51)61-34-29(47)25(43)30(16(12-36)56-34)59-32-27(45)24(42)21(39)18(58-32)14-54-62(48,49)60-33-28(46)22(40)19(37)15(11-35)55-33/h2,15-47H,1,3-14H2,(H,48,49)(H,50,51)/t15-,16-,17-,18-,19-,20+,21+,22+,23+,24+,25-,26-,27-,28+,29+,30-,31-,32+,33-,34-/m1/s1. The molecule has 15 N–H and O–H groups in total. The number of ether oxygens (including phenoxy) is 6. The second-order valence-electron chi connectivity index (χ2n) is 15.3. The summed E-state index contributed by atoms with van der Waals surface area (Å²) in [6.45, 7) is -0.269. The van der Waals surface area contributed by atoms with E-state index in [0.29, 0.717) is 6.42 Å². The van der Waals surface area contributed by atoms with Crippen LogP contribution in [-0.2, 0) is 55.6 Å². The van der Waals surface area contributed by atoms with E-state index in [1.165, 1.54) is 0 Å². The van der Waals surface area contributed by atoms with E-state index in [-0.39, 0.29) is 6.61 Å². The first-order valence-corrected chi connectivity index (χ1v) is 23.2. The highest BCUT2D eigenvalue weighted by Gasteiger charge is 2.53. The Morgan fingerprint density at radius 2 is 0.873 bits per heavy atom. The molecule has 370 valence electrons. The van der Waals surface area contributed by atoms with E-state index in [0.717, 1.165) is 38.5 Å². The van der Waals surface area contributed by atoms with Crippen LogP contribution in [0.1, 0.15) is 44.9 Å². The van der Waals surface area contributed by atoms with E-state index >= 15 is 0 Å². The first-order chi connectivity index (χ1) is 29.7. The third-order valence-corrected chi connectivity index (χ3v) is 12.6. The first kappa shape index (κ1) is 54.8. The molecule has 0 saturated carbocycles. The Hall–Kier alpha value is -0.800. The number of hydrogen-bond acceptors (Lipinski definition) is 25. The average Bonchev–Trinajstić information content (AvgIpc) is 3.24. The number of phosphoric acid groups is 2. The second kappa shape index (κ2) is 25.0. The van der Waals surface area contributed by atoms with Gasteiger partial charge in [0.2, 0.25) is 0 Å². The van der Waals surface area contributed by atoms with Gasteiger partial charge in [0.25, 0.3) is 0 Å². The maximum atomic E-state index is 13.0. The quantitative estimate of drug-likeness (QED) is 0.0244. The largest absolute Gasteiger partial charge is 0.474 e. The molecule has 2 unspecified atom stereocenters. The number of allylic oxidation sites excluding steroid dienone is 1. The Labute approximate surface area is 360 Å². The fraction of sp³-hybridized carbons (Fsp3) is 0.941. The number of aliphatic hydroxyl groups is 13. The Morgan fingerprint density at radius 3 is 1.38 bits per heavy atom. The molecule has 4 aliphatic rings. The van der Waals surface area contributed by atoms with E-state index in [2.05, 4.69) is 6.58 Å². The van der Waals surface area contributed by atoms with E-state index in [9.17, 15) is 85.3 Å². The number of phosphoric ester groups is 2. The summed E-state index contributed by atoms with van der Waals surface area (Å²) in [6, 6.07) is 0. The predicted octanol–water partition coefficient (Wildman–Crippen LogP) is -5.57. The first-order valence-electron chi connectivity index (χ1n) is 20.2. The van der Waals surface area contributed by atoms with Crippen molar-refractivity contribution in [2.24, 2.45) is 0 Å². The van der Waals surface area contributed by atoms with Gasteiger partial charge in [0.1, 0.15) is 97.7 Å². The highest BCUT2D eigenvalue weighted by molar-refractivity contribution is 7.47. The third-order valence-electron chi connectivity index (χ3n) is 10.7. The molecule has 4 rings (SSSR count). The zero-order valence-corrected chi connectivity index (χ0v) is 35.6. The van der Waals surface area contributed by atoms with Crippen LogP contribution in [0, 0.1) is 0 Å².